The molecule has 18 heavy (non-hydrogen) atoms. The van der Waals surface area contributed by atoms with E-state index in [0.29, 0.717) is 24.1 Å². The fourth-order valence-corrected chi connectivity index (χ4v) is 2.09. The maximum Gasteiger partial charge on any atom is 0.246 e. The molecule has 0 radical (unpaired) electrons. The normalized spacial score (nSPS) is 18.6. The lowest BCUT2D eigenvalue weighted by Crippen LogP contribution is -2.35. The highest BCUT2D eigenvalue weighted by atomic mass is 16.5. The molecule has 5 heteroatoms. The summed E-state index contributed by atoms with van der Waals surface area (Å²) in [5.74, 6) is 1.70. The molecular formula is C13H16N4O. The Kier molecular flexibility index (Phi) is 2.63. The lowest BCUT2D eigenvalue weighted by atomic mass is 9.97. The molecule has 0 amide bonds. The molecule has 0 aliphatic heterocycles. The van der Waals surface area contributed by atoms with Crippen LogP contribution in [-0.2, 0) is 12.0 Å². The lowest BCUT2D eigenvalue weighted by molar-refractivity contribution is 0.272. The number of nitrogens with zero attached hydrogens (tertiary/aromatic N) is 3. The first kappa shape index (κ1) is 11.3. The molecule has 0 spiro atoms. The molecule has 94 valence electrons. The monoisotopic (exact) mass is 244 g/mol. The van der Waals surface area contributed by atoms with E-state index in [1.807, 2.05) is 19.1 Å². The topological polar surface area (TPSA) is 77.8 Å². The summed E-state index contributed by atoms with van der Waals surface area (Å²) in [5.41, 5.74) is 6.87. The number of hydrogen-bond acceptors (Lipinski definition) is 5. The highest BCUT2D eigenvalue weighted by Gasteiger charge is 2.43. The molecule has 0 bridgehead atoms. The highest BCUT2D eigenvalue weighted by molar-refractivity contribution is 5.16. The van der Waals surface area contributed by atoms with Crippen LogP contribution in [-0.4, -0.2) is 15.1 Å². The van der Waals surface area contributed by atoms with Gasteiger partial charge in [0, 0.05) is 18.8 Å². The van der Waals surface area contributed by atoms with Crippen molar-refractivity contribution in [2.45, 2.75) is 31.7 Å². The van der Waals surface area contributed by atoms with Gasteiger partial charge in [0.15, 0.2) is 5.82 Å². The predicted molar refractivity (Wildman–Crippen MR) is 65.6 cm³/mol. The van der Waals surface area contributed by atoms with Crippen LogP contribution in [0, 0.1) is 5.92 Å². The zero-order chi connectivity index (χ0) is 12.6. The van der Waals surface area contributed by atoms with E-state index in [2.05, 4.69) is 15.1 Å². The molecule has 2 aromatic rings. The number of nitrogens with two attached hydrogens (primary N) is 1. The van der Waals surface area contributed by atoms with Gasteiger partial charge in [-0.2, -0.15) is 4.98 Å². The summed E-state index contributed by atoms with van der Waals surface area (Å²) in [6, 6.07) is 3.89. The third-order valence-electron chi connectivity index (χ3n) is 3.47. The molecule has 2 N–H and O–H groups in total. The SMILES string of the molecule is CC(N)(c1nc(Cc2ccncc2)no1)C1CC1. The molecule has 1 saturated carbocycles. The molecular weight excluding hydrogens is 228 g/mol. The van der Waals surface area contributed by atoms with Crippen molar-refractivity contribution < 1.29 is 4.52 Å². The fraction of sp³-hybridized carbons (Fsp3) is 0.462. The van der Waals surface area contributed by atoms with Gasteiger partial charge in [0.25, 0.3) is 0 Å². The maximum absolute atomic E-state index is 6.24. The van der Waals surface area contributed by atoms with Crippen molar-refractivity contribution in [3.05, 3.63) is 41.8 Å². The average Bonchev–Trinajstić information content (AvgIpc) is 3.12. The zero-order valence-electron chi connectivity index (χ0n) is 10.3. The summed E-state index contributed by atoms with van der Waals surface area (Å²) in [6.07, 6.45) is 6.46. The van der Waals surface area contributed by atoms with Gasteiger partial charge >= 0.3 is 0 Å². The van der Waals surface area contributed by atoms with Crippen LogP contribution >= 0.6 is 0 Å². The van der Waals surface area contributed by atoms with Crippen LogP contribution in [0.3, 0.4) is 0 Å². The van der Waals surface area contributed by atoms with Crippen LogP contribution in [0.1, 0.15) is 37.0 Å². The van der Waals surface area contributed by atoms with Crippen LogP contribution in [0.5, 0.6) is 0 Å². The van der Waals surface area contributed by atoms with Crippen LogP contribution < -0.4 is 5.73 Å². The minimum atomic E-state index is -0.483. The Morgan fingerprint density at radius 2 is 2.11 bits per heavy atom. The van der Waals surface area contributed by atoms with Gasteiger partial charge in [-0.1, -0.05) is 5.16 Å². The van der Waals surface area contributed by atoms with E-state index in [9.17, 15) is 0 Å². The summed E-state index contributed by atoms with van der Waals surface area (Å²) in [6.45, 7) is 1.97. The molecule has 1 aliphatic rings. The van der Waals surface area contributed by atoms with Gasteiger partial charge in [-0.15, -0.1) is 0 Å². The van der Waals surface area contributed by atoms with E-state index >= 15 is 0 Å². The Morgan fingerprint density at radius 1 is 1.39 bits per heavy atom. The van der Waals surface area contributed by atoms with Crippen molar-refractivity contribution in [3.63, 3.8) is 0 Å². The summed E-state index contributed by atoms with van der Waals surface area (Å²) in [5, 5.41) is 4.00. The second-order valence-electron chi connectivity index (χ2n) is 5.10. The summed E-state index contributed by atoms with van der Waals surface area (Å²) >= 11 is 0. The molecule has 1 fully saturated rings. The van der Waals surface area contributed by atoms with Crippen molar-refractivity contribution in [1.82, 2.24) is 15.1 Å². The number of rotatable bonds is 4. The van der Waals surface area contributed by atoms with Crippen LogP contribution in [0.15, 0.2) is 29.0 Å². The summed E-state index contributed by atoms with van der Waals surface area (Å²) in [4.78, 5) is 8.39. The first-order valence-electron chi connectivity index (χ1n) is 6.17. The van der Waals surface area contributed by atoms with Crippen molar-refractivity contribution in [2.24, 2.45) is 11.7 Å². The van der Waals surface area contributed by atoms with Crippen LogP contribution in [0.2, 0.25) is 0 Å². The van der Waals surface area contributed by atoms with E-state index in [4.69, 9.17) is 10.3 Å². The molecule has 0 aromatic carbocycles. The summed E-state index contributed by atoms with van der Waals surface area (Å²) < 4.78 is 5.30. The van der Waals surface area contributed by atoms with Crippen LogP contribution in [0.4, 0.5) is 0 Å². The van der Waals surface area contributed by atoms with Gasteiger partial charge in [0.05, 0.1) is 5.54 Å². The van der Waals surface area contributed by atoms with Crippen LogP contribution in [0.25, 0.3) is 0 Å². The van der Waals surface area contributed by atoms with Gasteiger partial charge in [-0.3, -0.25) is 4.98 Å². The van der Waals surface area contributed by atoms with E-state index in [-0.39, 0.29) is 0 Å². The molecule has 1 aliphatic carbocycles. The number of pyridine rings is 1. The average molecular weight is 244 g/mol. The minimum Gasteiger partial charge on any atom is -0.337 e. The van der Waals surface area contributed by atoms with Gasteiger partial charge in [-0.05, 0) is 43.4 Å². The van der Waals surface area contributed by atoms with Crippen molar-refractivity contribution >= 4 is 0 Å². The van der Waals surface area contributed by atoms with Gasteiger partial charge in [0.1, 0.15) is 0 Å². The molecule has 5 nitrogen and oxygen atoms in total. The van der Waals surface area contributed by atoms with Gasteiger partial charge in [0.2, 0.25) is 5.89 Å². The number of hydrogen-bond donors (Lipinski definition) is 1. The Balaban J connectivity index is 1.77. The predicted octanol–water partition coefficient (Wildman–Crippen LogP) is 1.64. The van der Waals surface area contributed by atoms with E-state index in [1.54, 1.807) is 12.4 Å². The first-order chi connectivity index (χ1) is 8.66. The van der Waals surface area contributed by atoms with Gasteiger partial charge < -0.3 is 10.3 Å². The Bertz CT molecular complexity index is 531. The molecule has 2 heterocycles. The third-order valence-corrected chi connectivity index (χ3v) is 3.47. The van der Waals surface area contributed by atoms with E-state index in [0.717, 1.165) is 18.4 Å². The molecule has 3 rings (SSSR count). The lowest BCUT2D eigenvalue weighted by Gasteiger charge is -2.18. The maximum atomic E-state index is 6.24. The van der Waals surface area contributed by atoms with Crippen molar-refractivity contribution in [1.29, 1.82) is 0 Å². The Labute approximate surface area is 105 Å². The largest absolute Gasteiger partial charge is 0.337 e. The second-order valence-corrected chi connectivity index (χ2v) is 5.10. The van der Waals surface area contributed by atoms with Gasteiger partial charge in [-0.25, -0.2) is 0 Å². The Hall–Kier alpha value is -1.75. The Morgan fingerprint density at radius 3 is 2.78 bits per heavy atom. The fourth-order valence-electron chi connectivity index (χ4n) is 2.09. The molecule has 2 aromatic heterocycles. The second kappa shape index (κ2) is 4.17. The number of aromatic nitrogens is 3. The quantitative estimate of drug-likeness (QED) is 0.884. The summed E-state index contributed by atoms with van der Waals surface area (Å²) in [7, 11) is 0. The highest BCUT2D eigenvalue weighted by Crippen LogP contribution is 2.43. The molecule has 0 saturated heterocycles. The smallest absolute Gasteiger partial charge is 0.246 e. The van der Waals surface area contributed by atoms with E-state index in [1.165, 1.54) is 0 Å². The molecule has 1 atom stereocenters. The standard InChI is InChI=1S/C13H16N4O/c1-13(14,10-2-3-10)12-16-11(17-18-12)8-9-4-6-15-7-5-9/h4-7,10H,2-3,8,14H2,1H3. The van der Waals surface area contributed by atoms with Crippen molar-refractivity contribution in [3.8, 4) is 0 Å². The molecule has 1 unspecified atom stereocenters. The zero-order valence-corrected chi connectivity index (χ0v) is 10.3. The third kappa shape index (κ3) is 2.13. The van der Waals surface area contributed by atoms with Crippen molar-refractivity contribution in [2.75, 3.05) is 0 Å². The minimum absolute atomic E-state index is 0.478. The first-order valence-corrected chi connectivity index (χ1v) is 6.17. The van der Waals surface area contributed by atoms with E-state index < -0.39 is 5.54 Å².